The molecule has 0 spiro atoms. The smallest absolute Gasteiger partial charge is 0.274 e. The summed E-state index contributed by atoms with van der Waals surface area (Å²) in [5.74, 6) is 0.395. The number of benzene rings is 2. The maximum absolute atomic E-state index is 13.4. The van der Waals surface area contributed by atoms with Crippen LogP contribution in [0.1, 0.15) is 41.3 Å². The van der Waals surface area contributed by atoms with E-state index in [0.29, 0.717) is 29.4 Å². The van der Waals surface area contributed by atoms with Crippen LogP contribution in [-0.4, -0.2) is 47.3 Å². The third-order valence-corrected chi connectivity index (χ3v) is 6.91. The van der Waals surface area contributed by atoms with Gasteiger partial charge in [-0.15, -0.1) is 5.10 Å². The Morgan fingerprint density at radius 3 is 2.77 bits per heavy atom. The molecule has 4 heterocycles. The molecular weight excluding hydrogens is 520 g/mol. The second kappa shape index (κ2) is 10.3. The lowest BCUT2D eigenvalue weighted by molar-refractivity contribution is 0.0364. The van der Waals surface area contributed by atoms with Gasteiger partial charge in [0.25, 0.3) is 11.5 Å². The standard InChI is InChI=1S/C27H23ClN8O3/c1-2-39-32-27(38)17-5-3-16(4-6-17)22-14-29-26(31-22)24-10-8-20-11-18(12-25(37)36(20)24)21-13-19(28)7-9-23(21)35-15-30-33-34-35/h3-7,9,11-15,24H,2,8,10H2,1H3,(H,29,31)(H,32,38)/t24-/m0/s1. The summed E-state index contributed by atoms with van der Waals surface area (Å²) < 4.78 is 3.33. The fourth-order valence-corrected chi connectivity index (χ4v) is 5.04. The number of carbonyl (C=O) groups is 1. The van der Waals surface area contributed by atoms with Crippen LogP contribution < -0.4 is 11.0 Å². The summed E-state index contributed by atoms with van der Waals surface area (Å²) in [5, 5.41) is 12.0. The highest BCUT2D eigenvalue weighted by atomic mass is 35.5. The van der Waals surface area contributed by atoms with Crippen LogP contribution in [0.4, 0.5) is 0 Å². The Bertz CT molecular complexity index is 1710. The monoisotopic (exact) mass is 542 g/mol. The zero-order chi connectivity index (χ0) is 26.9. The Kier molecular flexibility index (Phi) is 6.51. The predicted molar refractivity (Wildman–Crippen MR) is 143 cm³/mol. The number of H-pyrrole nitrogens is 1. The molecule has 1 aliphatic rings. The third-order valence-electron chi connectivity index (χ3n) is 6.68. The summed E-state index contributed by atoms with van der Waals surface area (Å²) in [5.41, 5.74) is 7.55. The molecule has 1 atom stereocenters. The van der Waals surface area contributed by atoms with Gasteiger partial charge < -0.3 is 9.55 Å². The van der Waals surface area contributed by atoms with E-state index in [1.54, 1.807) is 52.7 Å². The second-order valence-electron chi connectivity index (χ2n) is 9.04. The van der Waals surface area contributed by atoms with E-state index in [-0.39, 0.29) is 17.5 Å². The number of carbonyl (C=O) groups excluding carboxylic acids is 1. The first-order chi connectivity index (χ1) is 19.0. The van der Waals surface area contributed by atoms with Gasteiger partial charge in [0.1, 0.15) is 12.2 Å². The number of amides is 1. The lowest BCUT2D eigenvalue weighted by Crippen LogP contribution is -2.24. The Balaban J connectivity index is 1.29. The lowest BCUT2D eigenvalue weighted by Gasteiger charge is -2.15. The number of nitrogens with one attached hydrogen (secondary N) is 2. The van der Waals surface area contributed by atoms with Gasteiger partial charge in [-0.3, -0.25) is 14.4 Å². The number of aromatic nitrogens is 7. The Hall–Kier alpha value is -4.61. The van der Waals surface area contributed by atoms with Crippen LogP contribution in [-0.2, 0) is 11.3 Å². The molecule has 1 aliphatic heterocycles. The van der Waals surface area contributed by atoms with Gasteiger partial charge in [-0.05, 0) is 77.7 Å². The van der Waals surface area contributed by atoms with Crippen molar-refractivity contribution in [2.75, 3.05) is 6.61 Å². The molecule has 39 heavy (non-hydrogen) atoms. The minimum atomic E-state index is -0.308. The summed E-state index contributed by atoms with van der Waals surface area (Å²) in [4.78, 5) is 38.4. The van der Waals surface area contributed by atoms with Crippen LogP contribution >= 0.6 is 11.6 Å². The van der Waals surface area contributed by atoms with E-state index in [1.807, 2.05) is 24.3 Å². The van der Waals surface area contributed by atoms with Crippen molar-refractivity contribution in [1.82, 2.24) is 40.2 Å². The molecule has 196 valence electrons. The molecule has 0 aliphatic carbocycles. The highest BCUT2D eigenvalue weighted by Crippen LogP contribution is 2.34. The molecule has 1 amide bonds. The Morgan fingerprint density at radius 2 is 2.00 bits per heavy atom. The topological polar surface area (TPSA) is 133 Å². The quantitative estimate of drug-likeness (QED) is 0.299. The van der Waals surface area contributed by atoms with Gasteiger partial charge in [0.05, 0.1) is 30.2 Å². The van der Waals surface area contributed by atoms with E-state index in [9.17, 15) is 9.59 Å². The van der Waals surface area contributed by atoms with E-state index < -0.39 is 0 Å². The minimum absolute atomic E-state index is 0.129. The van der Waals surface area contributed by atoms with Crippen LogP contribution in [0, 0.1) is 0 Å². The summed E-state index contributed by atoms with van der Waals surface area (Å²) >= 11 is 6.30. The van der Waals surface area contributed by atoms with Gasteiger partial charge in [0.15, 0.2) is 0 Å². The van der Waals surface area contributed by atoms with E-state index in [2.05, 4.69) is 31.0 Å². The summed E-state index contributed by atoms with van der Waals surface area (Å²) in [7, 11) is 0. The number of halogens is 1. The fraction of sp³-hybridized carbons (Fsp3) is 0.185. The van der Waals surface area contributed by atoms with E-state index in [0.717, 1.165) is 40.2 Å². The predicted octanol–water partition coefficient (Wildman–Crippen LogP) is 3.75. The highest BCUT2D eigenvalue weighted by molar-refractivity contribution is 6.31. The molecule has 6 rings (SSSR count). The summed E-state index contributed by atoms with van der Waals surface area (Å²) in [6, 6.07) is 15.9. The van der Waals surface area contributed by atoms with Crippen LogP contribution in [0.2, 0.25) is 5.02 Å². The Labute approximate surface area is 227 Å². The maximum atomic E-state index is 13.4. The van der Waals surface area contributed by atoms with Gasteiger partial charge in [-0.2, -0.15) is 4.68 Å². The number of aromatic amines is 1. The molecule has 0 fully saturated rings. The first kappa shape index (κ1) is 24.7. The molecule has 2 N–H and O–H groups in total. The number of aryl methyl sites for hydroxylation is 1. The lowest BCUT2D eigenvalue weighted by atomic mass is 10.0. The van der Waals surface area contributed by atoms with Crippen molar-refractivity contribution in [2.24, 2.45) is 0 Å². The van der Waals surface area contributed by atoms with Gasteiger partial charge in [-0.25, -0.2) is 10.5 Å². The zero-order valence-electron chi connectivity index (χ0n) is 20.8. The van der Waals surface area contributed by atoms with Gasteiger partial charge in [-0.1, -0.05) is 23.7 Å². The van der Waals surface area contributed by atoms with Crippen LogP contribution in [0.15, 0.2) is 71.9 Å². The molecule has 0 saturated carbocycles. The van der Waals surface area contributed by atoms with E-state index in [4.69, 9.17) is 16.4 Å². The Morgan fingerprint density at radius 1 is 1.15 bits per heavy atom. The normalized spacial score (nSPS) is 14.4. The van der Waals surface area contributed by atoms with Crippen molar-refractivity contribution in [2.45, 2.75) is 25.8 Å². The highest BCUT2D eigenvalue weighted by Gasteiger charge is 2.28. The van der Waals surface area contributed by atoms with Gasteiger partial charge >= 0.3 is 0 Å². The molecule has 0 saturated heterocycles. The van der Waals surface area contributed by atoms with E-state index >= 15 is 0 Å². The van der Waals surface area contributed by atoms with E-state index in [1.165, 1.54) is 6.33 Å². The van der Waals surface area contributed by atoms with Crippen molar-refractivity contribution in [3.63, 3.8) is 0 Å². The number of fused-ring (bicyclic) bond motifs is 1. The number of rotatable bonds is 7. The zero-order valence-corrected chi connectivity index (χ0v) is 21.6. The van der Waals surface area contributed by atoms with Crippen molar-refractivity contribution in [3.05, 3.63) is 99.6 Å². The number of hydrogen-bond donors (Lipinski definition) is 2. The molecule has 11 nitrogen and oxygen atoms in total. The number of tetrazole rings is 1. The van der Waals surface area contributed by atoms with Crippen LogP contribution in [0.25, 0.3) is 28.1 Å². The molecular formula is C27H23ClN8O3. The number of nitrogens with zero attached hydrogens (tertiary/aromatic N) is 6. The van der Waals surface area contributed by atoms with Crippen molar-refractivity contribution in [1.29, 1.82) is 0 Å². The molecule has 0 radical (unpaired) electrons. The molecule has 12 heteroatoms. The first-order valence-electron chi connectivity index (χ1n) is 12.4. The molecule has 5 aromatic rings. The summed E-state index contributed by atoms with van der Waals surface area (Å²) in [6.07, 6.45) is 4.69. The van der Waals surface area contributed by atoms with Crippen LogP contribution in [0.5, 0.6) is 0 Å². The van der Waals surface area contributed by atoms with Crippen molar-refractivity contribution in [3.8, 4) is 28.1 Å². The van der Waals surface area contributed by atoms with Crippen molar-refractivity contribution < 1.29 is 9.63 Å². The fourth-order valence-electron chi connectivity index (χ4n) is 4.87. The molecule has 0 bridgehead atoms. The summed E-state index contributed by atoms with van der Waals surface area (Å²) in [6.45, 7) is 2.18. The van der Waals surface area contributed by atoms with Crippen LogP contribution in [0.3, 0.4) is 0 Å². The second-order valence-corrected chi connectivity index (χ2v) is 9.47. The number of hydroxylamine groups is 1. The number of hydrogen-bond acceptors (Lipinski definition) is 7. The minimum Gasteiger partial charge on any atom is -0.340 e. The van der Waals surface area contributed by atoms with Gasteiger partial charge in [0, 0.05) is 27.9 Å². The average Bonchev–Trinajstić information content (AvgIpc) is 3.73. The van der Waals surface area contributed by atoms with Crippen molar-refractivity contribution >= 4 is 17.5 Å². The first-order valence-corrected chi connectivity index (χ1v) is 12.8. The average molecular weight is 543 g/mol. The van der Waals surface area contributed by atoms with Gasteiger partial charge in [0.2, 0.25) is 0 Å². The number of imidazole rings is 1. The largest absolute Gasteiger partial charge is 0.340 e. The molecule has 2 aromatic carbocycles. The number of pyridine rings is 1. The molecule has 3 aromatic heterocycles. The molecule has 0 unspecified atom stereocenters. The third kappa shape index (κ3) is 4.73. The SMILES string of the molecule is CCONC(=O)c1ccc(-c2cnc([C@@H]3CCc4cc(-c5cc(Cl)ccc5-n5cnnn5)cc(=O)n43)[nH]2)cc1. The maximum Gasteiger partial charge on any atom is 0.274 e.